The van der Waals surface area contributed by atoms with Gasteiger partial charge in [0.25, 0.3) is 0 Å². The Hall–Kier alpha value is -0.100. The molecule has 0 aliphatic carbocycles. The number of aliphatic hydroxyl groups is 3. The van der Waals surface area contributed by atoms with E-state index >= 15 is 0 Å². The summed E-state index contributed by atoms with van der Waals surface area (Å²) in [4.78, 5) is 11.1. The Labute approximate surface area is 130 Å². The van der Waals surface area contributed by atoms with Gasteiger partial charge in [-0.2, -0.15) is 15.0 Å². The molecule has 0 radical (unpaired) electrons. The van der Waals surface area contributed by atoms with E-state index in [1.165, 1.54) is 0 Å². The minimum atomic E-state index is 0. The van der Waals surface area contributed by atoms with Crippen LogP contribution in [0.4, 0.5) is 0 Å². The Kier molecular flexibility index (Phi) is 33.1. The lowest BCUT2D eigenvalue weighted by Gasteiger charge is -1.91. The van der Waals surface area contributed by atoms with Gasteiger partial charge in [0.05, 0.1) is 0 Å². The van der Waals surface area contributed by atoms with Gasteiger partial charge >= 0.3 is 0 Å². The third kappa shape index (κ3) is 32.0. The molecule has 0 amide bonds. The molecule has 1 aromatic rings. The molecule has 116 valence electrons. The smallest absolute Gasteiger partial charge is 0.189 e. The number of aromatic nitrogens is 3. The molecular weight excluding hydrogens is 308 g/mol. The Balaban J connectivity index is -0.0000000956. The maximum Gasteiger partial charge on any atom is 0.189 e. The Morgan fingerprint density at radius 3 is 0.895 bits per heavy atom. The van der Waals surface area contributed by atoms with Crippen molar-refractivity contribution in [1.82, 2.24) is 21.1 Å². The Bertz CT molecular complexity index is 228. The molecule has 1 aromatic heterocycles. The number of aliphatic hydroxyl groups excluding tert-OH is 3. The van der Waals surface area contributed by atoms with E-state index in [0.717, 1.165) is 0 Å². The highest BCUT2D eigenvalue weighted by Crippen LogP contribution is 2.04. The molecule has 0 aromatic carbocycles. The van der Waals surface area contributed by atoms with E-state index in [1.807, 2.05) is 0 Å². The summed E-state index contributed by atoms with van der Waals surface area (Å²) >= 11 is 11.6. The molecule has 1 rings (SSSR count). The predicted octanol–water partition coefficient (Wildman–Crippen LogP) is 0.895. The van der Waals surface area contributed by atoms with Gasteiger partial charge in [-0.1, -0.05) is 0 Å². The average molecular weight is 333 g/mol. The lowest BCUT2D eigenvalue weighted by Crippen LogP contribution is -1.90. The van der Waals surface area contributed by atoms with Crippen LogP contribution in [0.3, 0.4) is 0 Å². The van der Waals surface area contributed by atoms with Gasteiger partial charge in [-0.05, 0) is 20.8 Å². The summed E-state index contributed by atoms with van der Waals surface area (Å²) in [6.07, 6.45) is 0. The van der Waals surface area contributed by atoms with E-state index in [2.05, 4.69) is 52.8 Å². The largest absolute Gasteiger partial charge is 0.397 e. The lowest BCUT2D eigenvalue weighted by molar-refractivity contribution is 0.318. The fourth-order valence-electron chi connectivity index (χ4n) is 0.343. The zero-order valence-electron chi connectivity index (χ0n) is 11.4. The van der Waals surface area contributed by atoms with Crippen LogP contribution < -0.4 is 6.15 Å². The second kappa shape index (κ2) is 23.0. The van der Waals surface area contributed by atoms with Crippen LogP contribution in [0.15, 0.2) is 15.5 Å². The van der Waals surface area contributed by atoms with Crippen molar-refractivity contribution in [2.75, 3.05) is 19.8 Å². The van der Waals surface area contributed by atoms with E-state index in [1.54, 1.807) is 20.8 Å². The molecule has 0 aliphatic rings. The normalized spacial score (nSPS) is 7.42. The molecule has 0 atom stereocenters. The van der Waals surface area contributed by atoms with Gasteiger partial charge < -0.3 is 21.5 Å². The van der Waals surface area contributed by atoms with Gasteiger partial charge in [0.1, 0.15) is 0 Å². The van der Waals surface area contributed by atoms with Crippen LogP contribution in [0.25, 0.3) is 0 Å². The van der Waals surface area contributed by atoms with Crippen molar-refractivity contribution in [1.29, 1.82) is 0 Å². The summed E-state index contributed by atoms with van der Waals surface area (Å²) in [5.41, 5.74) is 0. The van der Waals surface area contributed by atoms with E-state index in [4.69, 9.17) is 15.3 Å². The van der Waals surface area contributed by atoms with Gasteiger partial charge in [-0.3, -0.25) is 0 Å². The van der Waals surface area contributed by atoms with Crippen LogP contribution in [0, 0.1) is 0 Å². The number of hydrogen-bond acceptors (Lipinski definition) is 10. The lowest BCUT2D eigenvalue weighted by atomic mass is 10.9. The van der Waals surface area contributed by atoms with Crippen molar-refractivity contribution in [2.24, 2.45) is 0 Å². The highest BCUT2D eigenvalue weighted by atomic mass is 32.1. The molecule has 0 unspecified atom stereocenters. The zero-order chi connectivity index (χ0) is 15.0. The maximum absolute atomic E-state index is 7.57. The Morgan fingerprint density at radius 2 is 0.789 bits per heavy atom. The maximum atomic E-state index is 7.57. The Morgan fingerprint density at radius 1 is 0.684 bits per heavy atom. The summed E-state index contributed by atoms with van der Waals surface area (Å²) in [5.74, 6) is 0. The van der Waals surface area contributed by atoms with E-state index in [0.29, 0.717) is 15.5 Å². The predicted molar refractivity (Wildman–Crippen MR) is 84.9 cm³/mol. The number of thiol groups is 3. The first-order valence-electron chi connectivity index (χ1n) is 5.08. The summed E-state index contributed by atoms with van der Waals surface area (Å²) in [6, 6.07) is 0. The fourth-order valence-corrected chi connectivity index (χ4v) is 1.15. The molecule has 0 saturated carbocycles. The topological polar surface area (TPSA) is 134 Å². The molecule has 0 bridgehead atoms. The van der Waals surface area contributed by atoms with Crippen LogP contribution in [0.5, 0.6) is 0 Å². The first-order valence-corrected chi connectivity index (χ1v) is 6.42. The molecule has 1 heterocycles. The fraction of sp³-hybridized carbons (Fsp3) is 0.667. The minimum Gasteiger partial charge on any atom is -0.397 e. The van der Waals surface area contributed by atoms with Gasteiger partial charge in [0, 0.05) is 19.8 Å². The highest BCUT2D eigenvalue weighted by molar-refractivity contribution is 7.81. The van der Waals surface area contributed by atoms with Crippen molar-refractivity contribution in [2.45, 2.75) is 36.2 Å². The molecule has 0 fully saturated rings. The second-order valence-corrected chi connectivity index (χ2v) is 3.38. The molecular formula is C9H24N4O3S3. The van der Waals surface area contributed by atoms with Crippen molar-refractivity contribution in [3.63, 3.8) is 0 Å². The van der Waals surface area contributed by atoms with Crippen molar-refractivity contribution in [3.05, 3.63) is 0 Å². The number of nitrogens with zero attached hydrogens (tertiary/aromatic N) is 3. The molecule has 0 spiro atoms. The highest BCUT2D eigenvalue weighted by Gasteiger charge is 1.94. The zero-order valence-corrected chi connectivity index (χ0v) is 14.0. The van der Waals surface area contributed by atoms with Gasteiger partial charge in [0.15, 0.2) is 15.5 Å². The summed E-state index contributed by atoms with van der Waals surface area (Å²) in [7, 11) is 0. The monoisotopic (exact) mass is 332 g/mol. The van der Waals surface area contributed by atoms with Crippen LogP contribution in [-0.2, 0) is 0 Å². The van der Waals surface area contributed by atoms with Crippen LogP contribution in [0.2, 0.25) is 0 Å². The average Bonchev–Trinajstić information content (AvgIpc) is 2.18. The third-order valence-electron chi connectivity index (χ3n) is 0.600. The van der Waals surface area contributed by atoms with Gasteiger partial charge in [0.2, 0.25) is 0 Å². The molecule has 0 saturated heterocycles. The molecule has 10 heteroatoms. The first-order chi connectivity index (χ1) is 8.42. The molecule has 19 heavy (non-hydrogen) atoms. The van der Waals surface area contributed by atoms with E-state index in [9.17, 15) is 0 Å². The SMILES string of the molecule is CCO.CCO.CCO.N.Sc1nc(S)nc(S)n1. The standard InChI is InChI=1S/C3H3N3S3.3C2H6O.H3N/c7-1-4-2(8)6-3(9)5-1;3*1-2-3;/h(H3,4,5,6,7,8,9);3*3H,2H2,1H3;1H3. The van der Waals surface area contributed by atoms with E-state index in [-0.39, 0.29) is 26.0 Å². The van der Waals surface area contributed by atoms with E-state index < -0.39 is 0 Å². The van der Waals surface area contributed by atoms with Crippen molar-refractivity contribution >= 4 is 37.9 Å². The summed E-state index contributed by atoms with van der Waals surface area (Å²) < 4.78 is 0. The quantitative estimate of drug-likeness (QED) is 0.351. The number of hydrogen-bond donors (Lipinski definition) is 7. The minimum absolute atomic E-state index is 0. The van der Waals surface area contributed by atoms with Gasteiger partial charge in [-0.15, -0.1) is 37.9 Å². The van der Waals surface area contributed by atoms with Crippen molar-refractivity contribution in [3.8, 4) is 0 Å². The first kappa shape index (κ1) is 27.3. The number of rotatable bonds is 0. The second-order valence-electron chi connectivity index (χ2n) is 2.18. The molecule has 7 nitrogen and oxygen atoms in total. The van der Waals surface area contributed by atoms with Crippen LogP contribution in [-0.4, -0.2) is 50.1 Å². The molecule has 6 N–H and O–H groups in total. The third-order valence-corrected chi connectivity index (χ3v) is 1.20. The van der Waals surface area contributed by atoms with Crippen LogP contribution in [0.1, 0.15) is 20.8 Å². The summed E-state index contributed by atoms with van der Waals surface area (Å²) in [6.45, 7) is 5.79. The molecule has 0 aliphatic heterocycles. The van der Waals surface area contributed by atoms with Crippen LogP contribution >= 0.6 is 37.9 Å². The van der Waals surface area contributed by atoms with Crippen molar-refractivity contribution < 1.29 is 15.3 Å². The van der Waals surface area contributed by atoms with Gasteiger partial charge in [-0.25, -0.2) is 0 Å². The summed E-state index contributed by atoms with van der Waals surface area (Å²) in [5, 5.41) is 23.7.